The SMILES string of the molecule is CN(C)c1cc(NC2CCC(N(CC(C)(C)C)C(=O)O)CC2)nc2ccccc12. The van der Waals surface area contributed by atoms with E-state index in [4.69, 9.17) is 4.98 Å². The van der Waals surface area contributed by atoms with Crippen LogP contribution in [0.15, 0.2) is 30.3 Å². The molecule has 1 aromatic heterocycles. The summed E-state index contributed by atoms with van der Waals surface area (Å²) in [5.74, 6) is 0.889. The third-order valence-corrected chi connectivity index (χ3v) is 5.56. The molecule has 1 aromatic carbocycles. The summed E-state index contributed by atoms with van der Waals surface area (Å²) in [6.07, 6.45) is 2.86. The Hall–Kier alpha value is -2.50. The van der Waals surface area contributed by atoms with Crippen molar-refractivity contribution in [3.8, 4) is 0 Å². The van der Waals surface area contributed by atoms with Crippen molar-refractivity contribution in [1.29, 1.82) is 0 Å². The number of amides is 1. The van der Waals surface area contributed by atoms with E-state index in [0.717, 1.165) is 48.1 Å². The van der Waals surface area contributed by atoms with Gasteiger partial charge in [0.1, 0.15) is 5.82 Å². The number of anilines is 2. The average Bonchev–Trinajstić information content (AvgIpc) is 2.65. The number of pyridine rings is 1. The quantitative estimate of drug-likeness (QED) is 0.738. The summed E-state index contributed by atoms with van der Waals surface area (Å²) < 4.78 is 0. The van der Waals surface area contributed by atoms with Gasteiger partial charge in [-0.05, 0) is 37.2 Å². The van der Waals surface area contributed by atoms with Gasteiger partial charge >= 0.3 is 6.09 Å². The van der Waals surface area contributed by atoms with Crippen LogP contribution in [0.25, 0.3) is 10.9 Å². The molecule has 29 heavy (non-hydrogen) atoms. The molecule has 158 valence electrons. The van der Waals surface area contributed by atoms with Crippen LogP contribution >= 0.6 is 0 Å². The average molecular weight is 399 g/mol. The molecule has 2 N–H and O–H groups in total. The van der Waals surface area contributed by atoms with Crippen molar-refractivity contribution in [2.75, 3.05) is 30.9 Å². The van der Waals surface area contributed by atoms with E-state index in [-0.39, 0.29) is 11.5 Å². The number of aromatic nitrogens is 1. The van der Waals surface area contributed by atoms with Crippen molar-refractivity contribution >= 4 is 28.5 Å². The molecule has 0 atom stereocenters. The molecule has 0 aliphatic heterocycles. The van der Waals surface area contributed by atoms with Crippen LogP contribution in [0.5, 0.6) is 0 Å². The van der Waals surface area contributed by atoms with Crippen LogP contribution in [0.4, 0.5) is 16.3 Å². The van der Waals surface area contributed by atoms with Crippen LogP contribution in [0.1, 0.15) is 46.5 Å². The molecule has 0 radical (unpaired) electrons. The number of hydrogen-bond donors (Lipinski definition) is 2. The van der Waals surface area contributed by atoms with E-state index in [2.05, 4.69) is 43.1 Å². The molecular formula is C23H34N4O2. The number of benzene rings is 1. The standard InChI is InChI=1S/C23H34N4O2/c1-23(2,3)15-27(22(28)29)17-12-10-16(11-13-17)24-21-14-20(26(4)5)18-8-6-7-9-19(18)25-21/h6-9,14,16-17H,10-13,15H2,1-5H3,(H,24,25)(H,28,29). The van der Waals surface area contributed by atoms with E-state index in [1.165, 1.54) is 0 Å². The topological polar surface area (TPSA) is 68.7 Å². The van der Waals surface area contributed by atoms with Gasteiger partial charge in [-0.15, -0.1) is 0 Å². The highest BCUT2D eigenvalue weighted by molar-refractivity contribution is 5.93. The van der Waals surface area contributed by atoms with Gasteiger partial charge in [-0.2, -0.15) is 0 Å². The Labute approximate surface area is 173 Å². The molecule has 0 spiro atoms. The number of hydrogen-bond acceptors (Lipinski definition) is 4. The smallest absolute Gasteiger partial charge is 0.407 e. The number of fused-ring (bicyclic) bond motifs is 1. The van der Waals surface area contributed by atoms with Crippen molar-refractivity contribution in [2.24, 2.45) is 5.41 Å². The number of carboxylic acid groups (broad SMARTS) is 1. The number of carbonyl (C=O) groups is 1. The third-order valence-electron chi connectivity index (χ3n) is 5.56. The first kappa shape index (κ1) is 21.2. The minimum Gasteiger partial charge on any atom is -0.465 e. The largest absolute Gasteiger partial charge is 0.465 e. The predicted octanol–water partition coefficient (Wildman–Crippen LogP) is 5.05. The number of rotatable bonds is 5. The molecule has 1 amide bonds. The first-order valence-corrected chi connectivity index (χ1v) is 10.5. The van der Waals surface area contributed by atoms with Crippen LogP contribution in [0.2, 0.25) is 0 Å². The molecule has 6 heteroatoms. The Kier molecular flexibility index (Phi) is 6.20. The van der Waals surface area contributed by atoms with Crippen molar-refractivity contribution in [3.63, 3.8) is 0 Å². The second-order valence-electron chi connectivity index (χ2n) is 9.56. The van der Waals surface area contributed by atoms with Crippen LogP contribution in [0.3, 0.4) is 0 Å². The fraction of sp³-hybridized carbons (Fsp3) is 0.565. The van der Waals surface area contributed by atoms with Gasteiger partial charge in [0.15, 0.2) is 0 Å². The molecule has 3 rings (SSSR count). The molecular weight excluding hydrogens is 364 g/mol. The Morgan fingerprint density at radius 3 is 2.41 bits per heavy atom. The maximum atomic E-state index is 11.8. The van der Waals surface area contributed by atoms with Crippen molar-refractivity contribution in [1.82, 2.24) is 9.88 Å². The zero-order valence-corrected chi connectivity index (χ0v) is 18.3. The highest BCUT2D eigenvalue weighted by Crippen LogP contribution is 2.31. The lowest BCUT2D eigenvalue weighted by Crippen LogP contribution is -2.46. The summed E-state index contributed by atoms with van der Waals surface area (Å²) in [4.78, 5) is 20.3. The Bertz CT molecular complexity index is 852. The van der Waals surface area contributed by atoms with Gasteiger partial charge in [-0.1, -0.05) is 39.0 Å². The van der Waals surface area contributed by atoms with Crippen molar-refractivity contribution < 1.29 is 9.90 Å². The first-order chi connectivity index (χ1) is 13.6. The molecule has 1 aliphatic rings. The molecule has 0 unspecified atom stereocenters. The summed E-state index contributed by atoms with van der Waals surface area (Å²) in [5.41, 5.74) is 2.09. The van der Waals surface area contributed by atoms with Crippen molar-refractivity contribution in [2.45, 2.75) is 58.5 Å². The molecule has 6 nitrogen and oxygen atoms in total. The molecule has 1 heterocycles. The molecule has 1 saturated carbocycles. The van der Waals surface area contributed by atoms with Crippen LogP contribution in [0, 0.1) is 5.41 Å². The normalized spacial score (nSPS) is 19.8. The zero-order valence-electron chi connectivity index (χ0n) is 18.3. The summed E-state index contributed by atoms with van der Waals surface area (Å²) in [7, 11) is 4.10. The summed E-state index contributed by atoms with van der Waals surface area (Å²) in [6.45, 7) is 6.83. The van der Waals surface area contributed by atoms with E-state index >= 15 is 0 Å². The summed E-state index contributed by atoms with van der Waals surface area (Å²) >= 11 is 0. The van der Waals surface area contributed by atoms with Crippen LogP contribution in [-0.4, -0.2) is 53.8 Å². The monoisotopic (exact) mass is 398 g/mol. The fourth-order valence-electron chi connectivity index (χ4n) is 4.21. The number of para-hydroxylation sites is 1. The Balaban J connectivity index is 1.68. The van der Waals surface area contributed by atoms with Gasteiger partial charge in [0.05, 0.1) is 5.52 Å². The van der Waals surface area contributed by atoms with E-state index < -0.39 is 6.09 Å². The van der Waals surface area contributed by atoms with Gasteiger partial charge in [0.2, 0.25) is 0 Å². The molecule has 0 saturated heterocycles. The van der Waals surface area contributed by atoms with E-state index in [1.54, 1.807) is 4.90 Å². The van der Waals surface area contributed by atoms with Gasteiger partial charge in [-0.3, -0.25) is 0 Å². The van der Waals surface area contributed by atoms with Crippen LogP contribution < -0.4 is 10.2 Å². The maximum Gasteiger partial charge on any atom is 0.407 e. The summed E-state index contributed by atoms with van der Waals surface area (Å²) in [5, 5.41) is 14.4. The predicted molar refractivity (Wildman–Crippen MR) is 120 cm³/mol. The van der Waals surface area contributed by atoms with Gasteiger partial charge < -0.3 is 20.2 Å². The number of nitrogens with zero attached hydrogens (tertiary/aromatic N) is 3. The highest BCUT2D eigenvalue weighted by Gasteiger charge is 2.31. The second kappa shape index (κ2) is 8.47. The lowest BCUT2D eigenvalue weighted by molar-refractivity contribution is 0.0876. The minimum absolute atomic E-state index is 0.0366. The van der Waals surface area contributed by atoms with Crippen molar-refractivity contribution in [3.05, 3.63) is 30.3 Å². The maximum absolute atomic E-state index is 11.8. The van der Waals surface area contributed by atoms with Gasteiger partial charge in [-0.25, -0.2) is 9.78 Å². The van der Waals surface area contributed by atoms with E-state index in [9.17, 15) is 9.90 Å². The Morgan fingerprint density at radius 1 is 1.17 bits per heavy atom. The highest BCUT2D eigenvalue weighted by atomic mass is 16.4. The lowest BCUT2D eigenvalue weighted by Gasteiger charge is -2.38. The second-order valence-corrected chi connectivity index (χ2v) is 9.56. The van der Waals surface area contributed by atoms with Crippen LogP contribution in [-0.2, 0) is 0 Å². The lowest BCUT2D eigenvalue weighted by atomic mass is 9.88. The molecule has 1 aliphatic carbocycles. The van der Waals surface area contributed by atoms with Gasteiger partial charge in [0, 0.05) is 49.9 Å². The third kappa shape index (κ3) is 5.31. The molecule has 0 bridgehead atoms. The van der Waals surface area contributed by atoms with Gasteiger partial charge in [0.25, 0.3) is 0 Å². The molecule has 2 aromatic rings. The molecule has 1 fully saturated rings. The van der Waals surface area contributed by atoms with E-state index in [1.807, 2.05) is 32.3 Å². The fourth-order valence-corrected chi connectivity index (χ4v) is 4.21. The Morgan fingerprint density at radius 2 is 1.83 bits per heavy atom. The minimum atomic E-state index is -0.803. The number of nitrogens with one attached hydrogen (secondary N) is 1. The van der Waals surface area contributed by atoms with E-state index in [0.29, 0.717) is 12.6 Å². The zero-order chi connectivity index (χ0) is 21.2. The summed E-state index contributed by atoms with van der Waals surface area (Å²) in [6, 6.07) is 10.7. The first-order valence-electron chi connectivity index (χ1n) is 10.5.